The van der Waals surface area contributed by atoms with Crippen LogP contribution in [0.15, 0.2) is 0 Å². The average molecular weight is 448 g/mol. The molecule has 15 heteroatoms. The van der Waals surface area contributed by atoms with E-state index >= 15 is 0 Å². The molecule has 0 bridgehead atoms. The van der Waals surface area contributed by atoms with Gasteiger partial charge >= 0.3 is 21.2 Å². The van der Waals surface area contributed by atoms with Crippen LogP contribution in [0.1, 0.15) is 39.5 Å². The van der Waals surface area contributed by atoms with Crippen LogP contribution in [0, 0.1) is 5.92 Å². The fourth-order valence-electron chi connectivity index (χ4n) is 2.09. The Bertz CT molecular complexity index is 647. The quantitative estimate of drug-likeness (QED) is 0.132. The maximum Gasteiger partial charge on any atom is 0.369 e. The van der Waals surface area contributed by atoms with Crippen molar-refractivity contribution in [3.8, 4) is 0 Å². The molecular formula is C13H26N2O11P2. The molecule has 0 saturated carbocycles. The van der Waals surface area contributed by atoms with Crippen molar-refractivity contribution in [2.75, 3.05) is 6.54 Å². The van der Waals surface area contributed by atoms with Gasteiger partial charge in [0.15, 0.2) is 0 Å². The number of aliphatic carboxylic acids is 1. The lowest BCUT2D eigenvalue weighted by Gasteiger charge is -2.29. The molecule has 0 rings (SSSR count). The van der Waals surface area contributed by atoms with Gasteiger partial charge in [-0.15, -0.1) is 0 Å². The normalized spacial score (nSPS) is 13.9. The van der Waals surface area contributed by atoms with Crippen LogP contribution >= 0.6 is 15.2 Å². The number of carboxylic acid groups (broad SMARTS) is 1. The van der Waals surface area contributed by atoms with E-state index in [9.17, 15) is 28.6 Å². The summed E-state index contributed by atoms with van der Waals surface area (Å²) in [4.78, 5) is 70.2. The zero-order valence-electron chi connectivity index (χ0n) is 15.3. The molecule has 0 heterocycles. The molecule has 0 aliphatic carbocycles. The number of hydrogen-bond donors (Lipinski definition) is 8. The Morgan fingerprint density at radius 1 is 0.964 bits per heavy atom. The van der Waals surface area contributed by atoms with Gasteiger partial charge in [-0.05, 0) is 12.3 Å². The van der Waals surface area contributed by atoms with Gasteiger partial charge in [-0.2, -0.15) is 0 Å². The number of hydrogen-bond acceptors (Lipinski definition) is 6. The van der Waals surface area contributed by atoms with Gasteiger partial charge in [0.2, 0.25) is 11.8 Å². The summed E-state index contributed by atoms with van der Waals surface area (Å²) in [7, 11) is -11.1. The Balaban J connectivity index is 4.44. The van der Waals surface area contributed by atoms with Crippen molar-refractivity contribution in [1.29, 1.82) is 0 Å². The van der Waals surface area contributed by atoms with Crippen molar-refractivity contribution in [2.45, 2.75) is 50.7 Å². The monoisotopic (exact) mass is 448 g/mol. The summed E-state index contributed by atoms with van der Waals surface area (Å²) in [5.74, 6) is -2.89. The summed E-state index contributed by atoms with van der Waals surface area (Å²) in [6, 6.07) is -1.10. The number of nitrogens with one attached hydrogen (secondary N) is 2. The van der Waals surface area contributed by atoms with E-state index in [0.29, 0.717) is 0 Å². The van der Waals surface area contributed by atoms with E-state index in [1.54, 1.807) is 13.8 Å². The SMILES string of the molecule is CC(C)C(NC(=O)CCC(=O)NCCCC(O)(P(=O)(O)O)P(=O)(O)O)C(=O)O. The number of carboxylic acids is 1. The topological polar surface area (TPSA) is 231 Å². The lowest BCUT2D eigenvalue weighted by molar-refractivity contribution is -0.143. The third-order valence-electron chi connectivity index (χ3n) is 3.77. The summed E-state index contributed by atoms with van der Waals surface area (Å²) in [6.07, 6.45) is -1.95. The Kier molecular flexibility index (Phi) is 9.95. The van der Waals surface area contributed by atoms with Crippen molar-refractivity contribution in [3.63, 3.8) is 0 Å². The van der Waals surface area contributed by atoms with Gasteiger partial charge in [0.25, 0.3) is 5.08 Å². The molecule has 1 atom stereocenters. The largest absolute Gasteiger partial charge is 0.480 e. The molecule has 0 spiro atoms. The predicted octanol–water partition coefficient (Wildman–Crippen LogP) is -1.11. The van der Waals surface area contributed by atoms with Crippen molar-refractivity contribution in [2.24, 2.45) is 5.92 Å². The Hall–Kier alpha value is -1.33. The standard InChI is InChI=1S/C13H26N2O11P2/c1-8(2)11(12(18)19)15-10(17)5-4-9(16)14-7-3-6-13(20,27(21,22)23)28(24,25)26/h8,11,20H,3-7H2,1-2H3,(H,14,16)(H,15,17)(H,18,19)(H2,21,22,23)(H2,24,25,26). The van der Waals surface area contributed by atoms with E-state index in [1.807, 2.05) is 0 Å². The zero-order chi connectivity index (χ0) is 22.3. The first-order valence-electron chi connectivity index (χ1n) is 8.15. The molecule has 164 valence electrons. The summed E-state index contributed by atoms with van der Waals surface area (Å²) < 4.78 is 22.3. The molecular weight excluding hydrogens is 422 g/mol. The number of carbonyl (C=O) groups excluding carboxylic acids is 2. The smallest absolute Gasteiger partial charge is 0.369 e. The van der Waals surface area contributed by atoms with Gasteiger partial charge in [0, 0.05) is 25.8 Å². The van der Waals surface area contributed by atoms with Gasteiger partial charge in [-0.3, -0.25) is 18.7 Å². The van der Waals surface area contributed by atoms with Crippen LogP contribution in [-0.4, -0.2) is 65.2 Å². The first kappa shape index (κ1) is 26.7. The fraction of sp³-hybridized carbons (Fsp3) is 0.769. The lowest BCUT2D eigenvalue weighted by atomic mass is 10.0. The third kappa shape index (κ3) is 7.96. The first-order valence-corrected chi connectivity index (χ1v) is 11.4. The second-order valence-corrected chi connectivity index (χ2v) is 10.5. The van der Waals surface area contributed by atoms with Gasteiger partial charge in [-0.1, -0.05) is 13.8 Å². The van der Waals surface area contributed by atoms with Crippen molar-refractivity contribution in [1.82, 2.24) is 10.6 Å². The summed E-state index contributed by atoms with van der Waals surface area (Å²) >= 11 is 0. The number of amides is 2. The zero-order valence-corrected chi connectivity index (χ0v) is 17.1. The van der Waals surface area contributed by atoms with Crippen LogP contribution in [0.25, 0.3) is 0 Å². The molecule has 13 nitrogen and oxygen atoms in total. The number of rotatable bonds is 12. The highest BCUT2D eigenvalue weighted by Gasteiger charge is 2.58. The number of aliphatic hydroxyl groups is 1. The minimum atomic E-state index is -5.55. The molecule has 2 amide bonds. The van der Waals surface area contributed by atoms with Crippen LogP contribution in [0.2, 0.25) is 0 Å². The minimum absolute atomic E-state index is 0.271. The maximum absolute atomic E-state index is 11.7. The summed E-state index contributed by atoms with van der Waals surface area (Å²) in [6.45, 7) is 2.93. The second kappa shape index (κ2) is 10.4. The minimum Gasteiger partial charge on any atom is -0.480 e. The molecule has 0 aromatic heterocycles. The highest BCUT2D eigenvalue weighted by molar-refractivity contribution is 7.72. The highest BCUT2D eigenvalue weighted by Crippen LogP contribution is 2.69. The Morgan fingerprint density at radius 2 is 1.43 bits per heavy atom. The molecule has 0 aliphatic rings. The van der Waals surface area contributed by atoms with E-state index in [0.717, 1.165) is 0 Å². The van der Waals surface area contributed by atoms with E-state index in [4.69, 9.17) is 24.7 Å². The highest BCUT2D eigenvalue weighted by atomic mass is 31.2. The van der Waals surface area contributed by atoms with Gasteiger partial charge in [0.1, 0.15) is 6.04 Å². The number of carbonyl (C=O) groups is 3. The molecule has 1 unspecified atom stereocenters. The Labute approximate surface area is 160 Å². The van der Waals surface area contributed by atoms with Crippen molar-refractivity contribution >= 4 is 33.0 Å². The molecule has 0 aromatic carbocycles. The molecule has 0 radical (unpaired) electrons. The predicted molar refractivity (Wildman–Crippen MR) is 94.9 cm³/mol. The molecule has 8 N–H and O–H groups in total. The van der Waals surface area contributed by atoms with Crippen LogP contribution in [-0.2, 0) is 23.5 Å². The van der Waals surface area contributed by atoms with E-state index in [2.05, 4.69) is 10.6 Å². The maximum atomic E-state index is 11.7. The van der Waals surface area contributed by atoms with Crippen LogP contribution < -0.4 is 10.6 Å². The van der Waals surface area contributed by atoms with E-state index in [1.165, 1.54) is 0 Å². The molecule has 0 fully saturated rings. The molecule has 0 saturated heterocycles. The van der Waals surface area contributed by atoms with Crippen LogP contribution in [0.4, 0.5) is 0 Å². The molecule has 0 aromatic rings. The average Bonchev–Trinajstić information content (AvgIpc) is 2.51. The molecule has 28 heavy (non-hydrogen) atoms. The summed E-state index contributed by atoms with van der Waals surface area (Å²) in [5, 5.41) is 19.6. The third-order valence-corrected chi connectivity index (χ3v) is 7.65. The molecule has 0 aliphatic heterocycles. The Morgan fingerprint density at radius 3 is 1.82 bits per heavy atom. The van der Waals surface area contributed by atoms with Gasteiger partial charge in [-0.25, -0.2) is 4.79 Å². The summed E-state index contributed by atoms with van der Waals surface area (Å²) in [5.41, 5.74) is 0. The van der Waals surface area contributed by atoms with E-state index < -0.39 is 50.5 Å². The first-order chi connectivity index (χ1) is 12.5. The fourth-order valence-corrected chi connectivity index (χ4v) is 4.35. The van der Waals surface area contributed by atoms with Crippen molar-refractivity contribution < 1.29 is 53.3 Å². The van der Waals surface area contributed by atoms with Crippen LogP contribution in [0.3, 0.4) is 0 Å². The van der Waals surface area contributed by atoms with Gasteiger partial charge in [0.05, 0.1) is 0 Å². The van der Waals surface area contributed by atoms with E-state index in [-0.39, 0.29) is 31.7 Å². The van der Waals surface area contributed by atoms with Gasteiger partial charge < -0.3 is 40.4 Å². The lowest BCUT2D eigenvalue weighted by Crippen LogP contribution is -2.44. The van der Waals surface area contributed by atoms with Crippen LogP contribution in [0.5, 0.6) is 0 Å². The van der Waals surface area contributed by atoms with Crippen molar-refractivity contribution in [3.05, 3.63) is 0 Å². The second-order valence-electron chi connectivity index (χ2n) is 6.44.